The van der Waals surface area contributed by atoms with Gasteiger partial charge in [-0.25, -0.2) is 8.78 Å². The third-order valence-electron chi connectivity index (χ3n) is 4.44. The summed E-state index contributed by atoms with van der Waals surface area (Å²) in [7, 11) is 0. The Morgan fingerprint density at radius 3 is 2.44 bits per heavy atom. The quantitative estimate of drug-likeness (QED) is 0.487. The molecule has 1 aromatic carbocycles. The first-order valence-corrected chi connectivity index (χ1v) is 8.80. The van der Waals surface area contributed by atoms with Crippen LogP contribution in [0, 0.1) is 23.1 Å². The number of ether oxygens (including phenoxy) is 1. The van der Waals surface area contributed by atoms with Crippen LogP contribution < -0.4 is 10.1 Å². The number of hydrogen-bond acceptors (Lipinski definition) is 3. The zero-order valence-electron chi connectivity index (χ0n) is 14.8. The minimum atomic E-state index is -1.04. The molecule has 2 rings (SSSR count). The molecule has 1 saturated carbocycles. The van der Waals surface area contributed by atoms with E-state index in [4.69, 9.17) is 10.00 Å². The molecule has 0 unspecified atom stereocenters. The van der Waals surface area contributed by atoms with Crippen LogP contribution in [0.2, 0.25) is 0 Å². The van der Waals surface area contributed by atoms with Crippen molar-refractivity contribution in [3.63, 3.8) is 0 Å². The van der Waals surface area contributed by atoms with Crippen LogP contribution in [0.15, 0.2) is 23.2 Å². The van der Waals surface area contributed by atoms with Gasteiger partial charge in [-0.1, -0.05) is 32.1 Å². The van der Waals surface area contributed by atoms with Crippen LogP contribution in [0.4, 0.5) is 8.78 Å². The number of nitrogens with one attached hydrogen (secondary N) is 1. The van der Waals surface area contributed by atoms with E-state index in [1.165, 1.54) is 25.3 Å². The fourth-order valence-corrected chi connectivity index (χ4v) is 3.07. The Labute approximate surface area is 147 Å². The molecular formula is C19H25F2N3O. The van der Waals surface area contributed by atoms with E-state index in [0.717, 1.165) is 37.8 Å². The lowest BCUT2D eigenvalue weighted by Crippen LogP contribution is -2.50. The number of benzene rings is 1. The predicted octanol–water partition coefficient (Wildman–Crippen LogP) is 4.70. The van der Waals surface area contributed by atoms with E-state index in [2.05, 4.69) is 10.3 Å². The zero-order chi connectivity index (χ0) is 18.3. The SMILES string of the molecule is CC(C)(Oc1ccc(F)cc1F)/C(=N\C#N)NC1CCCCCCC1. The topological polar surface area (TPSA) is 57.4 Å². The highest BCUT2D eigenvalue weighted by Gasteiger charge is 2.31. The Kier molecular flexibility index (Phi) is 6.74. The van der Waals surface area contributed by atoms with Crippen molar-refractivity contribution in [2.45, 2.75) is 70.4 Å². The Morgan fingerprint density at radius 2 is 1.84 bits per heavy atom. The van der Waals surface area contributed by atoms with Gasteiger partial charge in [0.05, 0.1) is 0 Å². The van der Waals surface area contributed by atoms with Crippen LogP contribution in [-0.4, -0.2) is 17.5 Å². The first kappa shape index (κ1) is 19.2. The first-order valence-electron chi connectivity index (χ1n) is 8.80. The van der Waals surface area contributed by atoms with Crippen molar-refractivity contribution >= 4 is 5.84 Å². The fraction of sp³-hybridized carbons (Fsp3) is 0.579. The molecule has 4 nitrogen and oxygen atoms in total. The molecule has 1 aliphatic rings. The number of nitriles is 1. The molecule has 0 bridgehead atoms. The van der Waals surface area contributed by atoms with E-state index >= 15 is 0 Å². The van der Waals surface area contributed by atoms with Gasteiger partial charge in [-0.2, -0.15) is 10.3 Å². The van der Waals surface area contributed by atoms with E-state index in [0.29, 0.717) is 5.84 Å². The van der Waals surface area contributed by atoms with Crippen LogP contribution in [0.1, 0.15) is 58.8 Å². The highest BCUT2D eigenvalue weighted by Crippen LogP contribution is 2.24. The third-order valence-corrected chi connectivity index (χ3v) is 4.44. The monoisotopic (exact) mass is 349 g/mol. The lowest BCUT2D eigenvalue weighted by molar-refractivity contribution is 0.167. The highest BCUT2D eigenvalue weighted by molar-refractivity contribution is 5.91. The molecular weight excluding hydrogens is 324 g/mol. The average molecular weight is 349 g/mol. The van der Waals surface area contributed by atoms with Gasteiger partial charge in [0, 0.05) is 12.1 Å². The maximum atomic E-state index is 13.9. The van der Waals surface area contributed by atoms with Crippen LogP contribution >= 0.6 is 0 Å². The Hall–Kier alpha value is -2.16. The molecule has 1 fully saturated rings. The summed E-state index contributed by atoms with van der Waals surface area (Å²) >= 11 is 0. The Morgan fingerprint density at radius 1 is 1.20 bits per heavy atom. The van der Waals surface area contributed by atoms with Crippen molar-refractivity contribution in [1.29, 1.82) is 5.26 Å². The molecule has 0 aliphatic heterocycles. The third kappa shape index (κ3) is 5.70. The van der Waals surface area contributed by atoms with E-state index < -0.39 is 17.2 Å². The van der Waals surface area contributed by atoms with Gasteiger partial charge in [-0.3, -0.25) is 0 Å². The molecule has 1 aromatic rings. The van der Waals surface area contributed by atoms with E-state index in [1.807, 2.05) is 0 Å². The van der Waals surface area contributed by atoms with Crippen LogP contribution in [-0.2, 0) is 0 Å². The van der Waals surface area contributed by atoms with Crippen molar-refractivity contribution in [3.05, 3.63) is 29.8 Å². The molecule has 1 aliphatic carbocycles. The lowest BCUT2D eigenvalue weighted by atomic mass is 9.95. The molecule has 0 atom stereocenters. The number of nitrogens with zero attached hydrogens (tertiary/aromatic N) is 2. The summed E-state index contributed by atoms with van der Waals surface area (Å²) in [5.41, 5.74) is -1.04. The smallest absolute Gasteiger partial charge is 0.207 e. The summed E-state index contributed by atoms with van der Waals surface area (Å²) in [6.45, 7) is 3.42. The van der Waals surface area contributed by atoms with Gasteiger partial charge >= 0.3 is 0 Å². The van der Waals surface area contributed by atoms with Crippen molar-refractivity contribution in [2.24, 2.45) is 4.99 Å². The Bertz CT molecular complexity index is 645. The number of aliphatic imine (C=N–C) groups is 1. The van der Waals surface area contributed by atoms with Crippen molar-refractivity contribution < 1.29 is 13.5 Å². The molecule has 1 N–H and O–H groups in total. The van der Waals surface area contributed by atoms with E-state index in [-0.39, 0.29) is 11.8 Å². The second kappa shape index (κ2) is 8.80. The van der Waals surface area contributed by atoms with Crippen molar-refractivity contribution in [2.75, 3.05) is 0 Å². The van der Waals surface area contributed by atoms with Gasteiger partial charge < -0.3 is 10.1 Å². The lowest BCUT2D eigenvalue weighted by Gasteiger charge is -2.31. The summed E-state index contributed by atoms with van der Waals surface area (Å²) < 4.78 is 32.7. The molecule has 0 radical (unpaired) electrons. The molecule has 25 heavy (non-hydrogen) atoms. The maximum Gasteiger partial charge on any atom is 0.207 e. The summed E-state index contributed by atoms with van der Waals surface area (Å²) in [6.07, 6.45) is 9.76. The molecule has 0 amide bonds. The summed E-state index contributed by atoms with van der Waals surface area (Å²) in [4.78, 5) is 3.88. The molecule has 0 saturated heterocycles. The van der Waals surface area contributed by atoms with E-state index in [9.17, 15) is 8.78 Å². The molecule has 6 heteroatoms. The largest absolute Gasteiger partial charge is 0.477 e. The van der Waals surface area contributed by atoms with E-state index in [1.54, 1.807) is 20.0 Å². The second-order valence-electron chi connectivity index (χ2n) is 6.93. The van der Waals surface area contributed by atoms with Gasteiger partial charge in [0.1, 0.15) is 5.82 Å². The first-order chi connectivity index (χ1) is 11.9. The minimum absolute atomic E-state index is 0.0727. The summed E-state index contributed by atoms with van der Waals surface area (Å²) in [5, 5.41) is 12.4. The molecule has 0 heterocycles. The molecule has 0 aromatic heterocycles. The average Bonchev–Trinajstić information content (AvgIpc) is 2.51. The molecule has 0 spiro atoms. The van der Waals surface area contributed by atoms with Crippen LogP contribution in [0.5, 0.6) is 5.75 Å². The summed E-state index contributed by atoms with van der Waals surface area (Å²) in [5.74, 6) is -1.16. The van der Waals surface area contributed by atoms with Crippen molar-refractivity contribution in [1.82, 2.24) is 5.32 Å². The number of rotatable bonds is 4. The molecule has 136 valence electrons. The van der Waals surface area contributed by atoms with Gasteiger partial charge in [0.15, 0.2) is 23.0 Å². The van der Waals surface area contributed by atoms with Crippen LogP contribution in [0.25, 0.3) is 0 Å². The number of hydrogen-bond donors (Lipinski definition) is 1. The second-order valence-corrected chi connectivity index (χ2v) is 6.93. The summed E-state index contributed by atoms with van der Waals surface area (Å²) in [6, 6.07) is 3.37. The van der Waals surface area contributed by atoms with Crippen molar-refractivity contribution in [3.8, 4) is 11.9 Å². The predicted molar refractivity (Wildman–Crippen MR) is 93.4 cm³/mol. The minimum Gasteiger partial charge on any atom is -0.477 e. The Balaban J connectivity index is 2.13. The highest BCUT2D eigenvalue weighted by atomic mass is 19.1. The number of halogens is 2. The van der Waals surface area contributed by atoms with Gasteiger partial charge in [0.25, 0.3) is 0 Å². The number of amidine groups is 1. The van der Waals surface area contributed by atoms with Gasteiger partial charge in [-0.15, -0.1) is 0 Å². The standard InChI is InChI=1S/C19H25F2N3O/c1-19(2,25-17-11-10-14(20)12-16(17)21)18(23-13-22)24-15-8-6-4-3-5-7-9-15/h10-12,15H,3-9H2,1-2H3,(H,23,24). The maximum absolute atomic E-state index is 13.9. The zero-order valence-corrected chi connectivity index (χ0v) is 14.8. The van der Waals surface area contributed by atoms with Gasteiger partial charge in [0.2, 0.25) is 6.19 Å². The van der Waals surface area contributed by atoms with Crippen LogP contribution in [0.3, 0.4) is 0 Å². The normalized spacial score (nSPS) is 17.3. The van der Waals surface area contributed by atoms with Gasteiger partial charge in [-0.05, 0) is 38.8 Å². The fourth-order valence-electron chi connectivity index (χ4n) is 3.07.